The zero-order chi connectivity index (χ0) is 13.0. The number of hydrogen-bond donors (Lipinski definition) is 0. The van der Waals surface area contributed by atoms with Crippen LogP contribution in [0.1, 0.15) is 31.2 Å². The van der Waals surface area contributed by atoms with Gasteiger partial charge in [0, 0.05) is 6.54 Å². The lowest BCUT2D eigenvalue weighted by molar-refractivity contribution is 0.315. The fourth-order valence-electron chi connectivity index (χ4n) is 1.84. The van der Waals surface area contributed by atoms with Gasteiger partial charge in [-0.1, -0.05) is 19.4 Å². The van der Waals surface area contributed by atoms with Crippen LogP contribution in [0.2, 0.25) is 0 Å². The minimum absolute atomic E-state index is 0.751. The lowest BCUT2D eigenvalue weighted by Crippen LogP contribution is -2.19. The minimum atomic E-state index is 0.751. The van der Waals surface area contributed by atoms with Crippen molar-refractivity contribution in [2.24, 2.45) is 0 Å². The minimum Gasteiger partial charge on any atom is -0.440 e. The van der Waals surface area contributed by atoms with Gasteiger partial charge in [-0.15, -0.1) is 11.3 Å². The van der Waals surface area contributed by atoms with Crippen LogP contribution in [0.5, 0.6) is 0 Å². The summed E-state index contributed by atoms with van der Waals surface area (Å²) in [4.78, 5) is 8.00. The molecule has 3 nitrogen and oxygen atoms in total. The van der Waals surface area contributed by atoms with Gasteiger partial charge in [0.2, 0.25) is 5.89 Å². The maximum atomic E-state index is 5.74. The van der Waals surface area contributed by atoms with E-state index < -0.39 is 0 Å². The molecule has 0 unspecified atom stereocenters. The first kappa shape index (κ1) is 13.3. The van der Waals surface area contributed by atoms with Crippen LogP contribution in [0.25, 0.3) is 10.8 Å². The zero-order valence-corrected chi connectivity index (χ0v) is 12.1. The topological polar surface area (TPSA) is 29.3 Å². The van der Waals surface area contributed by atoms with E-state index in [4.69, 9.17) is 4.42 Å². The van der Waals surface area contributed by atoms with Gasteiger partial charge in [0.15, 0.2) is 0 Å². The maximum Gasteiger partial charge on any atom is 0.236 e. The molecule has 0 saturated carbocycles. The van der Waals surface area contributed by atoms with Gasteiger partial charge >= 0.3 is 0 Å². The van der Waals surface area contributed by atoms with Crippen LogP contribution in [0.15, 0.2) is 21.9 Å². The summed E-state index contributed by atoms with van der Waals surface area (Å²) in [5, 5.41) is 2.04. The Morgan fingerprint density at radius 1 is 1.44 bits per heavy atom. The van der Waals surface area contributed by atoms with Gasteiger partial charge in [-0.25, -0.2) is 4.98 Å². The van der Waals surface area contributed by atoms with Crippen molar-refractivity contribution in [3.05, 3.63) is 29.0 Å². The van der Waals surface area contributed by atoms with Gasteiger partial charge < -0.3 is 9.32 Å². The highest BCUT2D eigenvalue weighted by Gasteiger charge is 2.13. The van der Waals surface area contributed by atoms with E-state index in [0.29, 0.717) is 0 Å². The van der Waals surface area contributed by atoms with Crippen molar-refractivity contribution in [3.63, 3.8) is 0 Å². The highest BCUT2D eigenvalue weighted by Crippen LogP contribution is 2.26. The van der Waals surface area contributed by atoms with Crippen LogP contribution in [0, 0.1) is 6.92 Å². The van der Waals surface area contributed by atoms with E-state index >= 15 is 0 Å². The number of aromatic nitrogens is 1. The van der Waals surface area contributed by atoms with Crippen LogP contribution in [-0.2, 0) is 6.54 Å². The van der Waals surface area contributed by atoms with E-state index in [1.165, 1.54) is 12.8 Å². The molecule has 0 atom stereocenters. The summed E-state index contributed by atoms with van der Waals surface area (Å²) in [7, 11) is 2.13. The van der Waals surface area contributed by atoms with E-state index in [2.05, 4.69) is 23.9 Å². The summed E-state index contributed by atoms with van der Waals surface area (Å²) in [5.74, 6) is 1.68. The number of hydrogen-bond acceptors (Lipinski definition) is 4. The van der Waals surface area contributed by atoms with E-state index in [1.807, 2.05) is 24.4 Å². The number of rotatable bonds is 6. The van der Waals surface area contributed by atoms with Crippen LogP contribution < -0.4 is 0 Å². The first-order valence-electron chi connectivity index (χ1n) is 6.39. The summed E-state index contributed by atoms with van der Waals surface area (Å²) in [5.41, 5.74) is 1.05. The van der Waals surface area contributed by atoms with Gasteiger partial charge in [-0.2, -0.15) is 0 Å². The Balaban J connectivity index is 2.05. The lowest BCUT2D eigenvalue weighted by atomic mass is 10.3. The third-order valence-electron chi connectivity index (χ3n) is 2.94. The number of unbranched alkanes of at least 4 members (excludes halogenated alkanes) is 1. The Morgan fingerprint density at radius 3 is 2.94 bits per heavy atom. The molecule has 2 aromatic rings. The average Bonchev–Trinajstić information content (AvgIpc) is 2.97. The summed E-state index contributed by atoms with van der Waals surface area (Å²) >= 11 is 1.66. The first-order valence-corrected chi connectivity index (χ1v) is 7.27. The monoisotopic (exact) mass is 264 g/mol. The third kappa shape index (κ3) is 3.21. The number of thiophene rings is 1. The number of aryl methyl sites for hydroxylation is 1. The highest BCUT2D eigenvalue weighted by atomic mass is 32.1. The van der Waals surface area contributed by atoms with Crippen LogP contribution >= 0.6 is 11.3 Å². The van der Waals surface area contributed by atoms with Crippen molar-refractivity contribution in [1.82, 2.24) is 9.88 Å². The molecule has 18 heavy (non-hydrogen) atoms. The normalized spacial score (nSPS) is 11.3. The van der Waals surface area contributed by atoms with Crippen molar-refractivity contribution in [3.8, 4) is 10.8 Å². The molecule has 2 aromatic heterocycles. The predicted octanol–water partition coefficient (Wildman–Crippen LogP) is 3.94. The standard InChI is InChI=1S/C14H20N2OS/c1-4-5-8-16(3)10-12-11(2)17-14(15-12)13-7-6-9-18-13/h6-7,9H,4-5,8,10H2,1-3H3. The van der Waals surface area contributed by atoms with Crippen molar-refractivity contribution >= 4 is 11.3 Å². The molecule has 0 amide bonds. The largest absolute Gasteiger partial charge is 0.440 e. The van der Waals surface area contributed by atoms with Crippen molar-refractivity contribution < 1.29 is 4.42 Å². The number of oxazole rings is 1. The second kappa shape index (κ2) is 6.16. The molecule has 0 spiro atoms. The SMILES string of the molecule is CCCCN(C)Cc1nc(-c2cccs2)oc1C. The number of nitrogens with zero attached hydrogens (tertiary/aromatic N) is 2. The third-order valence-corrected chi connectivity index (χ3v) is 3.80. The molecule has 4 heteroatoms. The fourth-order valence-corrected chi connectivity index (χ4v) is 2.49. The van der Waals surface area contributed by atoms with Gasteiger partial charge in [0.25, 0.3) is 0 Å². The zero-order valence-electron chi connectivity index (χ0n) is 11.3. The lowest BCUT2D eigenvalue weighted by Gasteiger charge is -2.14. The van der Waals surface area contributed by atoms with Crippen LogP contribution in [0.3, 0.4) is 0 Å². The van der Waals surface area contributed by atoms with Crippen molar-refractivity contribution in [2.75, 3.05) is 13.6 Å². The Labute approximate surface area is 112 Å². The Kier molecular flexibility index (Phi) is 4.55. The molecule has 0 aliphatic rings. The maximum absolute atomic E-state index is 5.74. The molecular formula is C14H20N2OS. The molecule has 0 saturated heterocycles. The second-order valence-corrected chi connectivity index (χ2v) is 5.54. The fraction of sp³-hybridized carbons (Fsp3) is 0.500. The average molecular weight is 264 g/mol. The van der Waals surface area contributed by atoms with E-state index in [1.54, 1.807) is 11.3 Å². The van der Waals surface area contributed by atoms with Gasteiger partial charge in [-0.3, -0.25) is 0 Å². The summed E-state index contributed by atoms with van der Waals surface area (Å²) in [6, 6.07) is 4.06. The van der Waals surface area contributed by atoms with E-state index in [-0.39, 0.29) is 0 Å². The van der Waals surface area contributed by atoms with E-state index in [9.17, 15) is 0 Å². The smallest absolute Gasteiger partial charge is 0.236 e. The van der Waals surface area contributed by atoms with Gasteiger partial charge in [0.05, 0.1) is 10.6 Å². The molecule has 0 radical (unpaired) electrons. The summed E-state index contributed by atoms with van der Waals surface area (Å²) in [6.07, 6.45) is 2.45. The quantitative estimate of drug-likeness (QED) is 0.791. The van der Waals surface area contributed by atoms with Crippen molar-refractivity contribution in [1.29, 1.82) is 0 Å². The molecule has 0 bridgehead atoms. The molecule has 2 rings (SSSR count). The Hall–Kier alpha value is -1.13. The van der Waals surface area contributed by atoms with Crippen LogP contribution in [0.4, 0.5) is 0 Å². The van der Waals surface area contributed by atoms with Crippen molar-refractivity contribution in [2.45, 2.75) is 33.2 Å². The van der Waals surface area contributed by atoms with Crippen LogP contribution in [-0.4, -0.2) is 23.5 Å². The predicted molar refractivity (Wildman–Crippen MR) is 75.8 cm³/mol. The first-order chi connectivity index (χ1) is 8.70. The Bertz CT molecular complexity index is 476. The molecule has 0 aliphatic heterocycles. The highest BCUT2D eigenvalue weighted by molar-refractivity contribution is 7.13. The molecule has 0 aromatic carbocycles. The molecular weight excluding hydrogens is 244 g/mol. The van der Waals surface area contributed by atoms with E-state index in [0.717, 1.165) is 35.3 Å². The Morgan fingerprint density at radius 2 is 2.28 bits per heavy atom. The molecule has 2 heterocycles. The van der Waals surface area contributed by atoms with Gasteiger partial charge in [0.1, 0.15) is 5.76 Å². The molecule has 0 aliphatic carbocycles. The second-order valence-electron chi connectivity index (χ2n) is 4.59. The molecule has 98 valence electrons. The van der Waals surface area contributed by atoms with Gasteiger partial charge in [-0.05, 0) is 38.4 Å². The summed E-state index contributed by atoms with van der Waals surface area (Å²) in [6.45, 7) is 6.18. The molecule has 0 fully saturated rings. The summed E-state index contributed by atoms with van der Waals surface area (Å²) < 4.78 is 5.74. The molecule has 0 N–H and O–H groups in total.